The van der Waals surface area contributed by atoms with E-state index in [2.05, 4.69) is 27.5 Å². The van der Waals surface area contributed by atoms with Crippen molar-refractivity contribution in [1.82, 2.24) is 9.88 Å². The molecule has 3 aromatic rings. The predicted octanol–water partition coefficient (Wildman–Crippen LogP) is 4.87. The number of carbonyl (C=O) groups excluding carboxylic acids is 2. The third kappa shape index (κ3) is 3.57. The Labute approximate surface area is 175 Å². The first-order valence-electron chi connectivity index (χ1n) is 10.6. The van der Waals surface area contributed by atoms with Crippen LogP contribution in [0.5, 0.6) is 0 Å². The summed E-state index contributed by atoms with van der Waals surface area (Å²) in [6.07, 6.45) is 10.2. The molecule has 2 aliphatic rings. The van der Waals surface area contributed by atoms with Gasteiger partial charge in [-0.3, -0.25) is 14.5 Å². The molecule has 2 N–H and O–H groups in total. The fourth-order valence-corrected chi connectivity index (χ4v) is 4.74. The molecule has 0 bridgehead atoms. The van der Waals surface area contributed by atoms with Crippen molar-refractivity contribution < 1.29 is 9.59 Å². The number of hydrogen-bond acceptors (Lipinski definition) is 3. The summed E-state index contributed by atoms with van der Waals surface area (Å²) in [6, 6.07) is 13.3. The smallest absolute Gasteiger partial charge is 0.255 e. The van der Waals surface area contributed by atoms with Crippen LogP contribution >= 0.6 is 0 Å². The van der Waals surface area contributed by atoms with E-state index >= 15 is 0 Å². The van der Waals surface area contributed by atoms with Crippen LogP contribution in [0.1, 0.15) is 52.0 Å². The summed E-state index contributed by atoms with van der Waals surface area (Å²) in [5.41, 5.74) is 5.41. The Balaban J connectivity index is 1.41. The number of benzene rings is 2. The molecule has 5 heteroatoms. The third-order valence-corrected chi connectivity index (χ3v) is 6.35. The van der Waals surface area contributed by atoms with Gasteiger partial charge in [0.1, 0.15) is 6.29 Å². The summed E-state index contributed by atoms with van der Waals surface area (Å²) < 4.78 is 0. The van der Waals surface area contributed by atoms with Crippen molar-refractivity contribution in [2.75, 3.05) is 18.4 Å². The van der Waals surface area contributed by atoms with Gasteiger partial charge in [0.25, 0.3) is 5.91 Å². The highest BCUT2D eigenvalue weighted by molar-refractivity contribution is 6.06. The minimum absolute atomic E-state index is 0.218. The van der Waals surface area contributed by atoms with Crippen LogP contribution in [0.25, 0.3) is 16.5 Å². The predicted molar refractivity (Wildman–Crippen MR) is 120 cm³/mol. The van der Waals surface area contributed by atoms with E-state index in [1.165, 1.54) is 36.9 Å². The van der Waals surface area contributed by atoms with Gasteiger partial charge in [-0.25, -0.2) is 0 Å². The lowest BCUT2D eigenvalue weighted by atomic mass is 9.89. The van der Waals surface area contributed by atoms with Gasteiger partial charge in [0.15, 0.2) is 0 Å². The number of fused-ring (bicyclic) bond motifs is 2. The fraction of sp³-hybridized carbons (Fsp3) is 0.280. The maximum absolute atomic E-state index is 12.6. The van der Waals surface area contributed by atoms with E-state index in [9.17, 15) is 9.59 Å². The van der Waals surface area contributed by atoms with E-state index in [0.717, 1.165) is 35.8 Å². The van der Waals surface area contributed by atoms with Crippen molar-refractivity contribution in [3.63, 3.8) is 0 Å². The molecule has 0 spiro atoms. The molecule has 3 heterocycles. The van der Waals surface area contributed by atoms with Crippen LogP contribution in [0.3, 0.4) is 0 Å². The second-order valence-electron chi connectivity index (χ2n) is 8.24. The average molecular weight is 399 g/mol. The van der Waals surface area contributed by atoms with Crippen LogP contribution in [-0.4, -0.2) is 41.2 Å². The summed E-state index contributed by atoms with van der Waals surface area (Å²) in [7, 11) is 0. The van der Waals surface area contributed by atoms with Gasteiger partial charge in [0.2, 0.25) is 0 Å². The lowest BCUT2D eigenvalue weighted by Gasteiger charge is -2.38. The number of hydrogen-bond donors (Lipinski definition) is 2. The number of anilines is 1. The van der Waals surface area contributed by atoms with E-state index in [-0.39, 0.29) is 5.91 Å². The minimum Gasteiger partial charge on any atom is -0.361 e. The molecular formula is C25H25N3O2. The Morgan fingerprint density at radius 2 is 2.10 bits per heavy atom. The van der Waals surface area contributed by atoms with Crippen LogP contribution in [0.4, 0.5) is 5.69 Å². The molecule has 30 heavy (non-hydrogen) atoms. The van der Waals surface area contributed by atoms with Gasteiger partial charge in [0, 0.05) is 52.1 Å². The van der Waals surface area contributed by atoms with Crippen LogP contribution < -0.4 is 5.32 Å². The maximum Gasteiger partial charge on any atom is 0.255 e. The molecule has 0 aliphatic carbocycles. The molecule has 5 nitrogen and oxygen atoms in total. The number of nitrogens with one attached hydrogen (secondary N) is 2. The van der Waals surface area contributed by atoms with Gasteiger partial charge in [-0.05, 0) is 61.7 Å². The monoisotopic (exact) mass is 399 g/mol. The summed E-state index contributed by atoms with van der Waals surface area (Å²) in [6.45, 7) is 2.24. The Hall–Kier alpha value is -3.18. The lowest BCUT2D eigenvalue weighted by Crippen LogP contribution is -2.41. The highest BCUT2D eigenvalue weighted by Gasteiger charge is 2.27. The Kier molecular flexibility index (Phi) is 4.97. The number of amides is 1. The highest BCUT2D eigenvalue weighted by Crippen LogP contribution is 2.35. The lowest BCUT2D eigenvalue weighted by molar-refractivity contribution is 0.102. The van der Waals surface area contributed by atoms with E-state index in [0.29, 0.717) is 17.2 Å². The van der Waals surface area contributed by atoms with Crippen LogP contribution in [0, 0.1) is 0 Å². The molecule has 152 valence electrons. The SMILES string of the molecule is O=Cc1cccc(C(=O)Nc2ccc3[nH]cc(C4=CCN5CCCCC5C4)c3c2)c1. The van der Waals surface area contributed by atoms with Gasteiger partial charge < -0.3 is 10.3 Å². The molecule has 1 fully saturated rings. The molecule has 1 saturated heterocycles. The van der Waals surface area contributed by atoms with Crippen LogP contribution in [0.2, 0.25) is 0 Å². The molecule has 2 aromatic carbocycles. The second kappa shape index (κ2) is 7.92. The zero-order valence-electron chi connectivity index (χ0n) is 16.9. The van der Waals surface area contributed by atoms with Gasteiger partial charge in [-0.15, -0.1) is 0 Å². The van der Waals surface area contributed by atoms with Gasteiger partial charge in [0.05, 0.1) is 0 Å². The molecule has 0 radical (unpaired) electrons. The number of aldehydes is 1. The molecule has 1 unspecified atom stereocenters. The summed E-state index contributed by atoms with van der Waals surface area (Å²) in [4.78, 5) is 29.6. The first-order chi connectivity index (χ1) is 14.7. The third-order valence-electron chi connectivity index (χ3n) is 6.35. The van der Waals surface area contributed by atoms with Gasteiger partial charge in [-0.1, -0.05) is 24.6 Å². The Bertz CT molecular complexity index is 1140. The average Bonchev–Trinajstić information content (AvgIpc) is 3.22. The molecule has 1 aromatic heterocycles. The standard InChI is InChI=1S/C25H25N3O2/c29-16-17-4-3-5-19(12-17)25(30)27-20-7-8-24-22(14-20)23(15-26-24)18-9-11-28-10-2-1-6-21(28)13-18/h3-5,7-9,12,14-16,21,26H,1-2,6,10-11,13H2,(H,27,30). The summed E-state index contributed by atoms with van der Waals surface area (Å²) >= 11 is 0. The highest BCUT2D eigenvalue weighted by atomic mass is 16.1. The Morgan fingerprint density at radius 1 is 1.17 bits per heavy atom. The maximum atomic E-state index is 12.6. The van der Waals surface area contributed by atoms with Crippen molar-refractivity contribution in [1.29, 1.82) is 0 Å². The summed E-state index contributed by atoms with van der Waals surface area (Å²) in [5.74, 6) is -0.218. The molecular weight excluding hydrogens is 374 g/mol. The van der Waals surface area contributed by atoms with Crippen molar-refractivity contribution in [3.8, 4) is 0 Å². The van der Waals surface area contributed by atoms with E-state index in [1.54, 1.807) is 24.3 Å². The first kappa shape index (κ1) is 18.8. The van der Waals surface area contributed by atoms with E-state index in [4.69, 9.17) is 0 Å². The van der Waals surface area contributed by atoms with Crippen molar-refractivity contribution >= 4 is 34.4 Å². The van der Waals surface area contributed by atoms with Crippen LogP contribution in [-0.2, 0) is 0 Å². The molecule has 0 saturated carbocycles. The number of nitrogens with zero attached hydrogens (tertiary/aromatic N) is 1. The fourth-order valence-electron chi connectivity index (χ4n) is 4.74. The minimum atomic E-state index is -0.218. The number of piperidine rings is 1. The number of carbonyl (C=O) groups is 2. The quantitative estimate of drug-likeness (QED) is 0.615. The molecule has 1 amide bonds. The second-order valence-corrected chi connectivity index (χ2v) is 8.24. The number of aromatic nitrogens is 1. The number of H-pyrrole nitrogens is 1. The first-order valence-corrected chi connectivity index (χ1v) is 10.6. The Morgan fingerprint density at radius 3 is 3.00 bits per heavy atom. The topological polar surface area (TPSA) is 65.2 Å². The zero-order valence-corrected chi connectivity index (χ0v) is 16.9. The molecule has 5 rings (SSSR count). The van der Waals surface area contributed by atoms with E-state index < -0.39 is 0 Å². The van der Waals surface area contributed by atoms with Crippen molar-refractivity contribution in [2.45, 2.75) is 31.7 Å². The molecule has 2 aliphatic heterocycles. The van der Waals surface area contributed by atoms with Crippen LogP contribution in [0.15, 0.2) is 54.7 Å². The number of aromatic amines is 1. The largest absolute Gasteiger partial charge is 0.361 e. The molecule has 1 atom stereocenters. The van der Waals surface area contributed by atoms with Gasteiger partial charge in [-0.2, -0.15) is 0 Å². The summed E-state index contributed by atoms with van der Waals surface area (Å²) in [5, 5.41) is 4.10. The normalized spacial score (nSPS) is 19.2. The zero-order chi connectivity index (χ0) is 20.5. The number of rotatable bonds is 4. The van der Waals surface area contributed by atoms with Gasteiger partial charge >= 0.3 is 0 Å². The van der Waals surface area contributed by atoms with Crippen molar-refractivity contribution in [2.24, 2.45) is 0 Å². The van der Waals surface area contributed by atoms with Crippen molar-refractivity contribution in [3.05, 3.63) is 71.4 Å². The van der Waals surface area contributed by atoms with E-state index in [1.807, 2.05) is 18.2 Å².